The second-order valence-corrected chi connectivity index (χ2v) is 9.31. The molecular weight excluding hydrogens is 458 g/mol. The molecule has 0 fully saturated rings. The van der Waals surface area contributed by atoms with Gasteiger partial charge in [-0.3, -0.25) is 4.79 Å². The Morgan fingerprint density at radius 1 is 1.06 bits per heavy atom. The highest BCUT2D eigenvalue weighted by atomic mass is 32.2. The second kappa shape index (κ2) is 9.68. The van der Waals surface area contributed by atoms with Crippen molar-refractivity contribution in [3.05, 3.63) is 107 Å². The standard InChI is InChI=1S/C27H25N5O2S/c1-17-9-6-7-14-22(17)29-25(34)23-18(2)28-26-30-27(35-16-19-10-4-3-5-11-19)31-32(26)24(23)20-12-8-13-21(33)15-20/h3-15,24,33H,16H2,1-2H3,(H,29,34)(H,28,30,31). The second-order valence-electron chi connectivity index (χ2n) is 8.37. The fourth-order valence-corrected chi connectivity index (χ4v) is 4.90. The normalized spacial score (nSPS) is 14.9. The van der Waals surface area contributed by atoms with E-state index in [4.69, 9.17) is 5.10 Å². The number of carbonyl (C=O) groups excluding carboxylic acids is 1. The molecule has 3 N–H and O–H groups in total. The van der Waals surface area contributed by atoms with Gasteiger partial charge in [0.2, 0.25) is 11.1 Å². The van der Waals surface area contributed by atoms with Crippen molar-refractivity contribution in [1.82, 2.24) is 14.8 Å². The van der Waals surface area contributed by atoms with E-state index in [2.05, 4.69) is 27.8 Å². The topological polar surface area (TPSA) is 92.1 Å². The molecule has 0 saturated heterocycles. The molecule has 0 spiro atoms. The van der Waals surface area contributed by atoms with Crippen molar-refractivity contribution in [2.45, 2.75) is 30.8 Å². The van der Waals surface area contributed by atoms with Crippen LogP contribution in [0.25, 0.3) is 0 Å². The van der Waals surface area contributed by atoms with Crippen molar-refractivity contribution in [3.8, 4) is 5.75 Å². The summed E-state index contributed by atoms with van der Waals surface area (Å²) in [6.07, 6.45) is 0. The monoisotopic (exact) mass is 483 g/mol. The number of aromatic nitrogens is 3. The van der Waals surface area contributed by atoms with E-state index in [0.29, 0.717) is 22.4 Å². The Kier molecular flexibility index (Phi) is 6.29. The fourth-order valence-electron chi connectivity index (χ4n) is 4.11. The van der Waals surface area contributed by atoms with E-state index in [-0.39, 0.29) is 11.7 Å². The number of rotatable bonds is 6. The average molecular weight is 484 g/mol. The summed E-state index contributed by atoms with van der Waals surface area (Å²) >= 11 is 1.53. The zero-order chi connectivity index (χ0) is 24.4. The minimum absolute atomic E-state index is 0.123. The maximum atomic E-state index is 13.6. The molecule has 5 rings (SSSR count). The summed E-state index contributed by atoms with van der Waals surface area (Å²) in [7, 11) is 0. The van der Waals surface area contributed by atoms with Gasteiger partial charge in [-0.05, 0) is 48.7 Å². The number of aromatic hydroxyl groups is 1. The zero-order valence-corrected chi connectivity index (χ0v) is 20.2. The van der Waals surface area contributed by atoms with Crippen LogP contribution in [0, 0.1) is 6.92 Å². The quantitative estimate of drug-likeness (QED) is 0.313. The number of phenols is 1. The van der Waals surface area contributed by atoms with E-state index in [1.807, 2.05) is 62.4 Å². The molecule has 1 aromatic heterocycles. The Hall–Kier alpha value is -4.04. The van der Waals surface area contributed by atoms with Gasteiger partial charge < -0.3 is 15.7 Å². The number of benzene rings is 3. The van der Waals surface area contributed by atoms with Gasteiger partial charge in [0.15, 0.2) is 0 Å². The number of thioether (sulfide) groups is 1. The van der Waals surface area contributed by atoms with Crippen molar-refractivity contribution in [1.29, 1.82) is 0 Å². The van der Waals surface area contributed by atoms with Gasteiger partial charge in [0.05, 0.1) is 5.57 Å². The Labute approximate surface area is 207 Å². The molecule has 0 radical (unpaired) electrons. The Balaban J connectivity index is 1.51. The van der Waals surface area contributed by atoms with E-state index in [1.165, 1.54) is 17.3 Å². The van der Waals surface area contributed by atoms with Gasteiger partial charge in [-0.15, -0.1) is 5.10 Å². The minimum atomic E-state index is -0.555. The molecule has 0 bridgehead atoms. The van der Waals surface area contributed by atoms with Crippen LogP contribution in [0.4, 0.5) is 11.6 Å². The van der Waals surface area contributed by atoms with Crippen molar-refractivity contribution in [2.75, 3.05) is 10.6 Å². The van der Waals surface area contributed by atoms with Crippen molar-refractivity contribution >= 4 is 29.3 Å². The maximum absolute atomic E-state index is 13.6. The Morgan fingerprint density at radius 2 is 1.83 bits per heavy atom. The third-order valence-corrected chi connectivity index (χ3v) is 6.78. The third kappa shape index (κ3) is 4.79. The van der Waals surface area contributed by atoms with Gasteiger partial charge in [-0.2, -0.15) is 4.98 Å². The number of nitrogens with one attached hydrogen (secondary N) is 2. The van der Waals surface area contributed by atoms with Gasteiger partial charge >= 0.3 is 0 Å². The molecule has 1 atom stereocenters. The lowest BCUT2D eigenvalue weighted by molar-refractivity contribution is -0.113. The van der Waals surface area contributed by atoms with E-state index < -0.39 is 6.04 Å². The van der Waals surface area contributed by atoms with Crippen LogP contribution in [-0.4, -0.2) is 25.8 Å². The molecule has 8 heteroatoms. The lowest BCUT2D eigenvalue weighted by atomic mass is 9.94. The molecule has 1 aliphatic heterocycles. The highest BCUT2D eigenvalue weighted by molar-refractivity contribution is 7.98. The highest BCUT2D eigenvalue weighted by Crippen LogP contribution is 2.38. The molecule has 4 aromatic rings. The van der Waals surface area contributed by atoms with Crippen molar-refractivity contribution in [3.63, 3.8) is 0 Å². The highest BCUT2D eigenvalue weighted by Gasteiger charge is 2.34. The molecule has 176 valence electrons. The number of phenolic OH excluding ortho intramolecular Hbond substituents is 1. The molecule has 1 aliphatic rings. The molecule has 3 aromatic carbocycles. The largest absolute Gasteiger partial charge is 0.508 e. The number of anilines is 2. The number of carbonyl (C=O) groups is 1. The number of hydrogen-bond donors (Lipinski definition) is 3. The van der Waals surface area contributed by atoms with Gasteiger partial charge in [-0.25, -0.2) is 4.68 Å². The molecule has 2 heterocycles. The van der Waals surface area contributed by atoms with Crippen LogP contribution in [0.1, 0.15) is 29.7 Å². The number of fused-ring (bicyclic) bond motifs is 1. The zero-order valence-electron chi connectivity index (χ0n) is 19.4. The smallest absolute Gasteiger partial charge is 0.255 e. The van der Waals surface area contributed by atoms with E-state index in [0.717, 1.165) is 22.6 Å². The van der Waals surface area contributed by atoms with Crippen LogP contribution >= 0.6 is 11.8 Å². The first kappa shape index (κ1) is 22.7. The molecule has 0 saturated carbocycles. The summed E-state index contributed by atoms with van der Waals surface area (Å²) < 4.78 is 1.72. The van der Waals surface area contributed by atoms with E-state index in [1.54, 1.807) is 22.9 Å². The van der Waals surface area contributed by atoms with Crippen LogP contribution in [0.15, 0.2) is 95.3 Å². The average Bonchev–Trinajstić information content (AvgIpc) is 3.26. The lowest BCUT2D eigenvalue weighted by Gasteiger charge is -2.28. The van der Waals surface area contributed by atoms with Gasteiger partial charge in [0.25, 0.3) is 5.91 Å². The fraction of sp³-hybridized carbons (Fsp3) is 0.148. The van der Waals surface area contributed by atoms with Gasteiger partial charge in [-0.1, -0.05) is 72.4 Å². The van der Waals surface area contributed by atoms with Gasteiger partial charge in [0.1, 0.15) is 11.8 Å². The third-order valence-electron chi connectivity index (χ3n) is 5.87. The molecule has 7 nitrogen and oxygen atoms in total. The molecule has 1 unspecified atom stereocenters. The molecule has 0 aliphatic carbocycles. The molecule has 35 heavy (non-hydrogen) atoms. The summed E-state index contributed by atoms with van der Waals surface area (Å²) in [5, 5.41) is 21.8. The summed E-state index contributed by atoms with van der Waals surface area (Å²) in [6.45, 7) is 3.81. The van der Waals surface area contributed by atoms with E-state index >= 15 is 0 Å². The van der Waals surface area contributed by atoms with Crippen LogP contribution in [0.3, 0.4) is 0 Å². The first-order valence-corrected chi connectivity index (χ1v) is 12.2. The maximum Gasteiger partial charge on any atom is 0.255 e. The number of allylic oxidation sites excluding steroid dienone is 1. The molecule has 1 amide bonds. The number of para-hydroxylation sites is 1. The number of aryl methyl sites for hydroxylation is 1. The minimum Gasteiger partial charge on any atom is -0.508 e. The predicted octanol–water partition coefficient (Wildman–Crippen LogP) is 5.51. The number of amides is 1. The summed E-state index contributed by atoms with van der Waals surface area (Å²) in [5.41, 5.74) is 4.83. The van der Waals surface area contributed by atoms with Crippen LogP contribution in [0.2, 0.25) is 0 Å². The predicted molar refractivity (Wildman–Crippen MR) is 138 cm³/mol. The Bertz CT molecular complexity index is 1410. The number of hydrogen-bond acceptors (Lipinski definition) is 6. The van der Waals surface area contributed by atoms with Crippen LogP contribution in [-0.2, 0) is 10.5 Å². The summed E-state index contributed by atoms with van der Waals surface area (Å²) in [5.74, 6) is 1.17. The van der Waals surface area contributed by atoms with Gasteiger partial charge in [0, 0.05) is 17.1 Å². The van der Waals surface area contributed by atoms with E-state index in [9.17, 15) is 9.90 Å². The molecular formula is C27H25N5O2S. The van der Waals surface area contributed by atoms with Crippen molar-refractivity contribution in [2.24, 2.45) is 0 Å². The lowest BCUT2D eigenvalue weighted by Crippen LogP contribution is -2.31. The summed E-state index contributed by atoms with van der Waals surface area (Å²) in [4.78, 5) is 18.3. The Morgan fingerprint density at radius 3 is 2.60 bits per heavy atom. The first-order valence-electron chi connectivity index (χ1n) is 11.3. The SMILES string of the molecule is CC1=C(C(=O)Nc2ccccc2C)C(c2cccc(O)c2)n2nc(SCc3ccccc3)nc2N1. The number of nitrogens with zero attached hydrogens (tertiary/aromatic N) is 3. The summed E-state index contributed by atoms with van der Waals surface area (Å²) in [6, 6.07) is 24.1. The van der Waals surface area contributed by atoms with Crippen LogP contribution < -0.4 is 10.6 Å². The van der Waals surface area contributed by atoms with Crippen LogP contribution in [0.5, 0.6) is 5.75 Å². The van der Waals surface area contributed by atoms with Crippen molar-refractivity contribution < 1.29 is 9.90 Å². The first-order chi connectivity index (χ1) is 17.0.